The maximum Gasteiger partial charge on any atom is 0.243 e. The molecule has 0 aliphatic heterocycles. The third-order valence-corrected chi connectivity index (χ3v) is 3.77. The van der Waals surface area contributed by atoms with Crippen LogP contribution in [0, 0.1) is 0 Å². The molecule has 0 fully saturated rings. The van der Waals surface area contributed by atoms with E-state index in [1.807, 2.05) is 0 Å². The number of aromatic nitrogens is 4. The second kappa shape index (κ2) is 5.76. The van der Waals surface area contributed by atoms with E-state index < -0.39 is 10.0 Å². The highest BCUT2D eigenvalue weighted by atomic mass is 32.2. The van der Waals surface area contributed by atoms with Crippen LogP contribution < -0.4 is 10.0 Å². The fraction of sp³-hybridized carbons (Fsp3) is 0.300. The zero-order valence-electron chi connectivity index (χ0n) is 10.3. The van der Waals surface area contributed by atoms with Gasteiger partial charge >= 0.3 is 0 Å². The number of sulfonamides is 1. The van der Waals surface area contributed by atoms with E-state index in [9.17, 15) is 8.42 Å². The van der Waals surface area contributed by atoms with Crippen molar-refractivity contribution in [1.82, 2.24) is 24.5 Å². The van der Waals surface area contributed by atoms with Crippen molar-refractivity contribution in [3.05, 3.63) is 30.9 Å². The third kappa shape index (κ3) is 3.48. The van der Waals surface area contributed by atoms with Gasteiger partial charge in [-0.25, -0.2) is 23.1 Å². The molecule has 9 heteroatoms. The minimum absolute atomic E-state index is 0.0342. The lowest BCUT2D eigenvalue weighted by Crippen LogP contribution is -2.27. The van der Waals surface area contributed by atoms with Gasteiger partial charge in [-0.2, -0.15) is 5.10 Å². The van der Waals surface area contributed by atoms with Crippen molar-refractivity contribution in [1.29, 1.82) is 0 Å². The second-order valence-electron chi connectivity index (χ2n) is 3.66. The van der Waals surface area contributed by atoms with Gasteiger partial charge in [-0.05, 0) is 6.07 Å². The number of anilines is 1. The van der Waals surface area contributed by atoms with Crippen LogP contribution in [-0.2, 0) is 16.6 Å². The Labute approximate surface area is 110 Å². The highest BCUT2D eigenvalue weighted by molar-refractivity contribution is 7.89. The first kappa shape index (κ1) is 13.4. The summed E-state index contributed by atoms with van der Waals surface area (Å²) in [6.45, 7) is 0.708. The minimum atomic E-state index is -3.58. The molecule has 0 unspecified atom stereocenters. The molecule has 102 valence electrons. The molecule has 0 aliphatic rings. The molecule has 2 rings (SSSR count). The van der Waals surface area contributed by atoms with Crippen LogP contribution in [0.5, 0.6) is 0 Å². The fourth-order valence-electron chi connectivity index (χ4n) is 1.39. The molecule has 2 aromatic heterocycles. The number of hydrogen-bond acceptors (Lipinski definition) is 6. The summed E-state index contributed by atoms with van der Waals surface area (Å²) >= 11 is 0. The number of hydrogen-bond donors (Lipinski definition) is 2. The first-order valence-electron chi connectivity index (χ1n) is 5.59. The zero-order chi connectivity index (χ0) is 13.7. The van der Waals surface area contributed by atoms with Crippen molar-refractivity contribution in [2.75, 3.05) is 18.9 Å². The Balaban J connectivity index is 1.97. The first-order chi connectivity index (χ1) is 9.12. The monoisotopic (exact) mass is 282 g/mol. The van der Waals surface area contributed by atoms with Crippen molar-refractivity contribution in [3.63, 3.8) is 0 Å². The molecule has 0 saturated heterocycles. The Hall–Kier alpha value is -2.00. The standard InChI is InChI=1S/C10H14N6O2S/c1-11-10-12-7-9(8-13-10)19(17,18)15-4-6-16-5-2-3-14-16/h2-3,5,7-8,15H,4,6H2,1H3,(H,11,12,13). The van der Waals surface area contributed by atoms with Crippen molar-refractivity contribution < 1.29 is 8.42 Å². The van der Waals surface area contributed by atoms with Crippen LogP contribution in [0.2, 0.25) is 0 Å². The summed E-state index contributed by atoms with van der Waals surface area (Å²) in [5.74, 6) is 0.371. The molecule has 0 amide bonds. The average Bonchev–Trinajstić information content (AvgIpc) is 2.92. The molecule has 8 nitrogen and oxygen atoms in total. The van der Waals surface area contributed by atoms with Gasteiger partial charge in [0.1, 0.15) is 4.90 Å². The van der Waals surface area contributed by atoms with Crippen LogP contribution in [-0.4, -0.2) is 41.8 Å². The first-order valence-corrected chi connectivity index (χ1v) is 7.07. The Morgan fingerprint density at radius 2 is 2.05 bits per heavy atom. The van der Waals surface area contributed by atoms with Crippen molar-refractivity contribution in [3.8, 4) is 0 Å². The maximum absolute atomic E-state index is 11.9. The van der Waals surface area contributed by atoms with Gasteiger partial charge in [0.2, 0.25) is 16.0 Å². The van der Waals surface area contributed by atoms with Gasteiger partial charge in [-0.15, -0.1) is 0 Å². The molecule has 0 saturated carbocycles. The van der Waals surface area contributed by atoms with Gasteiger partial charge in [0.25, 0.3) is 0 Å². The van der Waals surface area contributed by atoms with E-state index in [4.69, 9.17) is 0 Å². The molecule has 2 N–H and O–H groups in total. The summed E-state index contributed by atoms with van der Waals surface area (Å²) in [6.07, 6.45) is 5.92. The summed E-state index contributed by atoms with van der Waals surface area (Å²) < 4.78 is 27.9. The molecule has 0 radical (unpaired) electrons. The smallest absolute Gasteiger partial charge is 0.243 e. The zero-order valence-corrected chi connectivity index (χ0v) is 11.1. The van der Waals surface area contributed by atoms with E-state index >= 15 is 0 Å². The number of nitrogens with one attached hydrogen (secondary N) is 2. The van der Waals surface area contributed by atoms with Crippen LogP contribution >= 0.6 is 0 Å². The topological polar surface area (TPSA) is 102 Å². The van der Waals surface area contributed by atoms with E-state index in [0.717, 1.165) is 0 Å². The summed E-state index contributed by atoms with van der Waals surface area (Å²) in [7, 11) is -1.92. The van der Waals surface area contributed by atoms with Gasteiger partial charge in [0, 0.05) is 26.0 Å². The molecule has 0 bridgehead atoms. The SMILES string of the molecule is CNc1ncc(S(=O)(=O)NCCn2cccn2)cn1. The van der Waals surface area contributed by atoms with E-state index in [1.165, 1.54) is 12.4 Å². The van der Waals surface area contributed by atoms with Crippen molar-refractivity contribution >= 4 is 16.0 Å². The van der Waals surface area contributed by atoms with Gasteiger partial charge in [0.15, 0.2) is 0 Å². The quantitative estimate of drug-likeness (QED) is 0.754. The lowest BCUT2D eigenvalue weighted by molar-refractivity contribution is 0.560. The molecule has 0 spiro atoms. The molecule has 2 aromatic rings. The third-order valence-electron chi connectivity index (χ3n) is 2.35. The molecule has 2 heterocycles. The Bertz CT molecular complexity index is 608. The van der Waals surface area contributed by atoms with Gasteiger partial charge in [-0.1, -0.05) is 0 Å². The lowest BCUT2D eigenvalue weighted by atomic mass is 10.6. The Morgan fingerprint density at radius 1 is 1.32 bits per heavy atom. The predicted octanol–water partition coefficient (Wildman–Crippen LogP) is -0.307. The van der Waals surface area contributed by atoms with E-state index in [1.54, 1.807) is 30.2 Å². The molecular weight excluding hydrogens is 268 g/mol. The molecule has 0 aliphatic carbocycles. The summed E-state index contributed by atoms with van der Waals surface area (Å²) in [6, 6.07) is 1.78. The molecule has 0 aromatic carbocycles. The van der Waals surface area contributed by atoms with Crippen LogP contribution in [0.1, 0.15) is 0 Å². The fourth-order valence-corrected chi connectivity index (χ4v) is 2.30. The van der Waals surface area contributed by atoms with Gasteiger partial charge in [-0.3, -0.25) is 4.68 Å². The number of rotatable bonds is 6. The summed E-state index contributed by atoms with van der Waals surface area (Å²) in [4.78, 5) is 7.76. The van der Waals surface area contributed by atoms with Crippen LogP contribution in [0.15, 0.2) is 35.7 Å². The van der Waals surface area contributed by atoms with Gasteiger partial charge < -0.3 is 5.32 Å². The highest BCUT2D eigenvalue weighted by Crippen LogP contribution is 2.06. The van der Waals surface area contributed by atoms with Crippen molar-refractivity contribution in [2.45, 2.75) is 11.4 Å². The molecular formula is C10H14N6O2S. The lowest BCUT2D eigenvalue weighted by Gasteiger charge is -2.06. The van der Waals surface area contributed by atoms with E-state index in [0.29, 0.717) is 12.5 Å². The van der Waals surface area contributed by atoms with Crippen LogP contribution in [0.25, 0.3) is 0 Å². The second-order valence-corrected chi connectivity index (χ2v) is 5.43. The number of nitrogens with zero attached hydrogens (tertiary/aromatic N) is 4. The van der Waals surface area contributed by atoms with E-state index in [2.05, 4.69) is 25.1 Å². The van der Waals surface area contributed by atoms with Crippen LogP contribution in [0.3, 0.4) is 0 Å². The summed E-state index contributed by atoms with van der Waals surface area (Å²) in [5.41, 5.74) is 0. The largest absolute Gasteiger partial charge is 0.357 e. The molecule has 0 atom stereocenters. The molecule has 19 heavy (non-hydrogen) atoms. The summed E-state index contributed by atoms with van der Waals surface area (Å²) in [5, 5.41) is 6.70. The minimum Gasteiger partial charge on any atom is -0.357 e. The van der Waals surface area contributed by atoms with E-state index in [-0.39, 0.29) is 11.4 Å². The highest BCUT2D eigenvalue weighted by Gasteiger charge is 2.14. The Kier molecular flexibility index (Phi) is 4.07. The van der Waals surface area contributed by atoms with Crippen molar-refractivity contribution in [2.24, 2.45) is 0 Å². The average molecular weight is 282 g/mol. The van der Waals surface area contributed by atoms with Crippen LogP contribution in [0.4, 0.5) is 5.95 Å². The normalized spacial score (nSPS) is 11.4. The Morgan fingerprint density at radius 3 is 2.63 bits per heavy atom. The predicted molar refractivity (Wildman–Crippen MR) is 69.0 cm³/mol. The van der Waals surface area contributed by atoms with Gasteiger partial charge in [0.05, 0.1) is 18.9 Å². The maximum atomic E-state index is 11.9.